The summed E-state index contributed by atoms with van der Waals surface area (Å²) in [6.07, 6.45) is 2.15. The molecule has 0 aromatic heterocycles. The summed E-state index contributed by atoms with van der Waals surface area (Å²) in [6, 6.07) is 10.3. The van der Waals surface area contributed by atoms with Crippen molar-refractivity contribution >= 4 is 14.9 Å². The minimum atomic E-state index is -0.494. The van der Waals surface area contributed by atoms with Gasteiger partial charge in [-0.15, -0.1) is 0 Å². The maximum Gasteiger partial charge on any atom is 0.127 e. The summed E-state index contributed by atoms with van der Waals surface area (Å²) in [5, 5.41) is 1.16. The standard InChI is InChI=1S/C12H17OSi/c1-4-13-12(14(2)3)10-11-8-6-5-7-9-11/h5-10H,4H2,1-3H3. The van der Waals surface area contributed by atoms with Gasteiger partial charge in [0.05, 0.1) is 12.0 Å². The van der Waals surface area contributed by atoms with Crippen LogP contribution in [0.5, 0.6) is 0 Å². The van der Waals surface area contributed by atoms with Crippen molar-refractivity contribution in [1.82, 2.24) is 0 Å². The highest BCUT2D eigenvalue weighted by molar-refractivity contribution is 6.64. The van der Waals surface area contributed by atoms with Crippen LogP contribution in [0, 0.1) is 0 Å². The van der Waals surface area contributed by atoms with Gasteiger partial charge < -0.3 is 4.74 Å². The van der Waals surface area contributed by atoms with Gasteiger partial charge in [0, 0.05) is 0 Å². The van der Waals surface area contributed by atoms with Crippen molar-refractivity contribution in [1.29, 1.82) is 0 Å². The lowest BCUT2D eigenvalue weighted by atomic mass is 10.2. The molecule has 1 aromatic rings. The molecule has 1 radical (unpaired) electrons. The fourth-order valence-corrected chi connectivity index (χ4v) is 2.07. The van der Waals surface area contributed by atoms with Crippen LogP contribution in [0.2, 0.25) is 13.1 Å². The van der Waals surface area contributed by atoms with Gasteiger partial charge in [0.1, 0.15) is 8.80 Å². The average molecular weight is 205 g/mol. The molecule has 0 N–H and O–H groups in total. The molecule has 0 fully saturated rings. The molecule has 2 heteroatoms. The second-order valence-electron chi connectivity index (χ2n) is 3.35. The summed E-state index contributed by atoms with van der Waals surface area (Å²) in [5.74, 6) is 0. The quantitative estimate of drug-likeness (QED) is 0.541. The second-order valence-corrected chi connectivity index (χ2v) is 5.85. The minimum absolute atomic E-state index is 0.494. The molecule has 0 aliphatic rings. The third-order valence-electron chi connectivity index (χ3n) is 1.89. The Hall–Kier alpha value is -1.02. The Bertz CT molecular complexity index is 290. The molecule has 0 bridgehead atoms. The summed E-state index contributed by atoms with van der Waals surface area (Å²) in [4.78, 5) is 0. The summed E-state index contributed by atoms with van der Waals surface area (Å²) in [7, 11) is -0.494. The van der Waals surface area contributed by atoms with Gasteiger partial charge in [-0.3, -0.25) is 0 Å². The second kappa shape index (κ2) is 5.65. The Morgan fingerprint density at radius 1 is 1.29 bits per heavy atom. The zero-order valence-electron chi connectivity index (χ0n) is 9.08. The lowest BCUT2D eigenvalue weighted by molar-refractivity contribution is 0.255. The van der Waals surface area contributed by atoms with Crippen molar-refractivity contribution in [2.75, 3.05) is 6.61 Å². The number of benzene rings is 1. The molecule has 0 spiro atoms. The van der Waals surface area contributed by atoms with Crippen molar-refractivity contribution in [3.8, 4) is 0 Å². The molecule has 0 aliphatic carbocycles. The molecule has 1 nitrogen and oxygen atoms in total. The van der Waals surface area contributed by atoms with Gasteiger partial charge in [0.2, 0.25) is 0 Å². The maximum atomic E-state index is 5.61. The zero-order chi connectivity index (χ0) is 10.4. The summed E-state index contributed by atoms with van der Waals surface area (Å²) < 4.78 is 5.61. The summed E-state index contributed by atoms with van der Waals surface area (Å²) >= 11 is 0. The van der Waals surface area contributed by atoms with E-state index in [1.54, 1.807) is 0 Å². The van der Waals surface area contributed by atoms with Crippen molar-refractivity contribution in [3.05, 3.63) is 41.3 Å². The molecule has 0 amide bonds. The normalized spacial score (nSPS) is 11.9. The highest BCUT2D eigenvalue weighted by Crippen LogP contribution is 2.10. The Kier molecular flexibility index (Phi) is 4.46. The molecule has 14 heavy (non-hydrogen) atoms. The Balaban J connectivity index is 2.82. The monoisotopic (exact) mass is 205 g/mol. The van der Waals surface area contributed by atoms with E-state index in [1.165, 1.54) is 5.56 Å². The third kappa shape index (κ3) is 3.38. The highest BCUT2D eigenvalue weighted by atomic mass is 28.3. The summed E-state index contributed by atoms with van der Waals surface area (Å²) in [5.41, 5.74) is 1.22. The molecular formula is C12H17OSi. The van der Waals surface area contributed by atoms with Gasteiger partial charge in [-0.1, -0.05) is 43.4 Å². The van der Waals surface area contributed by atoms with Gasteiger partial charge in [-0.25, -0.2) is 0 Å². The molecule has 0 saturated carbocycles. The first-order valence-electron chi connectivity index (χ1n) is 4.94. The van der Waals surface area contributed by atoms with Crippen LogP contribution in [0.25, 0.3) is 6.08 Å². The molecule has 0 heterocycles. The van der Waals surface area contributed by atoms with Crippen LogP contribution in [0.4, 0.5) is 0 Å². The van der Waals surface area contributed by atoms with Crippen LogP contribution in [0.3, 0.4) is 0 Å². The van der Waals surface area contributed by atoms with E-state index in [-0.39, 0.29) is 0 Å². The summed E-state index contributed by atoms with van der Waals surface area (Å²) in [6.45, 7) is 7.28. The van der Waals surface area contributed by atoms with E-state index in [4.69, 9.17) is 4.74 Å². The molecule has 0 saturated heterocycles. The van der Waals surface area contributed by atoms with Crippen molar-refractivity contribution in [3.63, 3.8) is 0 Å². The topological polar surface area (TPSA) is 9.23 Å². The van der Waals surface area contributed by atoms with Crippen molar-refractivity contribution in [2.45, 2.75) is 20.0 Å². The van der Waals surface area contributed by atoms with Gasteiger partial charge in [0.25, 0.3) is 0 Å². The van der Waals surface area contributed by atoms with Gasteiger partial charge >= 0.3 is 0 Å². The zero-order valence-corrected chi connectivity index (χ0v) is 10.1. The van der Waals surface area contributed by atoms with Gasteiger partial charge in [0.15, 0.2) is 0 Å². The van der Waals surface area contributed by atoms with Crippen LogP contribution in [0.15, 0.2) is 35.7 Å². The lowest BCUT2D eigenvalue weighted by Gasteiger charge is -2.10. The van der Waals surface area contributed by atoms with E-state index < -0.39 is 8.80 Å². The third-order valence-corrected chi connectivity index (χ3v) is 3.16. The Labute approximate surface area is 88.0 Å². The van der Waals surface area contributed by atoms with E-state index in [9.17, 15) is 0 Å². The van der Waals surface area contributed by atoms with Gasteiger partial charge in [-0.05, 0) is 18.6 Å². The van der Waals surface area contributed by atoms with Crippen LogP contribution >= 0.6 is 0 Å². The molecule has 0 aliphatic heterocycles. The average Bonchev–Trinajstić information content (AvgIpc) is 2.18. The number of hydrogen-bond donors (Lipinski definition) is 0. The Morgan fingerprint density at radius 2 is 1.93 bits per heavy atom. The van der Waals surface area contributed by atoms with Crippen LogP contribution in [0.1, 0.15) is 12.5 Å². The van der Waals surface area contributed by atoms with Crippen LogP contribution in [-0.2, 0) is 4.74 Å². The van der Waals surface area contributed by atoms with Crippen molar-refractivity contribution in [2.24, 2.45) is 0 Å². The van der Waals surface area contributed by atoms with E-state index >= 15 is 0 Å². The fourth-order valence-electron chi connectivity index (χ4n) is 1.19. The number of hydrogen-bond acceptors (Lipinski definition) is 1. The molecule has 0 unspecified atom stereocenters. The predicted molar refractivity (Wildman–Crippen MR) is 63.5 cm³/mol. The van der Waals surface area contributed by atoms with Gasteiger partial charge in [-0.2, -0.15) is 0 Å². The number of rotatable bonds is 4. The molecule has 0 atom stereocenters. The van der Waals surface area contributed by atoms with E-state index in [1.807, 2.05) is 25.1 Å². The van der Waals surface area contributed by atoms with Crippen LogP contribution < -0.4 is 0 Å². The number of ether oxygens (including phenoxy) is 1. The van der Waals surface area contributed by atoms with Crippen molar-refractivity contribution < 1.29 is 4.74 Å². The highest BCUT2D eigenvalue weighted by Gasteiger charge is 2.05. The minimum Gasteiger partial charge on any atom is -0.504 e. The molecule has 1 rings (SSSR count). The lowest BCUT2D eigenvalue weighted by Crippen LogP contribution is -2.09. The largest absolute Gasteiger partial charge is 0.504 e. The van der Waals surface area contributed by atoms with E-state index in [2.05, 4.69) is 31.3 Å². The predicted octanol–water partition coefficient (Wildman–Crippen LogP) is 3.36. The fraction of sp³-hybridized carbons (Fsp3) is 0.333. The first-order chi connectivity index (χ1) is 6.74. The Morgan fingerprint density at radius 3 is 2.43 bits per heavy atom. The molecule has 1 aromatic carbocycles. The smallest absolute Gasteiger partial charge is 0.127 e. The SMILES string of the molecule is CCOC(=Cc1ccccc1)[Si](C)C. The first-order valence-corrected chi connectivity index (χ1v) is 7.44. The molecular weight excluding hydrogens is 188 g/mol. The molecule has 75 valence electrons. The van der Waals surface area contributed by atoms with E-state index in [0.29, 0.717) is 0 Å². The van der Waals surface area contributed by atoms with E-state index in [0.717, 1.165) is 12.0 Å². The maximum absolute atomic E-state index is 5.61. The first kappa shape index (κ1) is 11.1. The van der Waals surface area contributed by atoms with Crippen LogP contribution in [-0.4, -0.2) is 15.4 Å².